The van der Waals surface area contributed by atoms with Gasteiger partial charge in [0.25, 0.3) is 0 Å². The van der Waals surface area contributed by atoms with Crippen LogP contribution in [0.3, 0.4) is 0 Å². The summed E-state index contributed by atoms with van der Waals surface area (Å²) in [4.78, 5) is 0. The van der Waals surface area contributed by atoms with Crippen LogP contribution in [0.2, 0.25) is 0 Å². The van der Waals surface area contributed by atoms with E-state index in [4.69, 9.17) is 0 Å². The second-order valence-corrected chi connectivity index (χ2v) is 6.87. The van der Waals surface area contributed by atoms with Gasteiger partial charge in [-0.15, -0.1) is 0 Å². The summed E-state index contributed by atoms with van der Waals surface area (Å²) < 4.78 is 41.6. The molecule has 0 aliphatic rings. The van der Waals surface area contributed by atoms with Gasteiger partial charge in [0.05, 0.1) is 5.57 Å². The normalized spacial score (nSPS) is 15.0. The Morgan fingerprint density at radius 1 is 0.846 bits per heavy atom. The molecule has 0 N–H and O–H groups in total. The van der Waals surface area contributed by atoms with Crippen LogP contribution in [0.5, 0.6) is 0 Å². The second kappa shape index (κ2) is 11.1. The molecule has 0 rings (SSSR count). The van der Waals surface area contributed by atoms with Gasteiger partial charge in [0.1, 0.15) is 0 Å². The van der Waals surface area contributed by atoms with Crippen LogP contribution in [0.4, 0.5) is 13.2 Å². The van der Waals surface area contributed by atoms with Gasteiger partial charge in [-0.3, -0.25) is 0 Å². The van der Waals surface area contributed by atoms with Crippen molar-refractivity contribution in [2.24, 2.45) is 0 Å². The largest absolute Gasteiger partial charge is 0.416 e. The lowest BCUT2D eigenvalue weighted by Crippen LogP contribution is -2.15. The molecule has 0 aliphatic carbocycles. The average molecular weight is 367 g/mol. The molecule has 0 fully saturated rings. The minimum Gasteiger partial charge on any atom is -0.166 e. The smallest absolute Gasteiger partial charge is 0.166 e. The molecule has 146 valence electrons. The van der Waals surface area contributed by atoms with E-state index in [-0.39, 0.29) is 0 Å². The number of rotatable bonds is 9. The molecule has 0 saturated carbocycles. The third kappa shape index (κ3) is 8.07. The van der Waals surface area contributed by atoms with Crippen LogP contribution >= 0.6 is 0 Å². The predicted molar refractivity (Wildman–Crippen MR) is 108 cm³/mol. The number of allylic oxidation sites excluding steroid dienone is 10. The van der Waals surface area contributed by atoms with Gasteiger partial charge in [-0.25, -0.2) is 0 Å². The van der Waals surface area contributed by atoms with E-state index in [0.29, 0.717) is 40.7 Å². The Morgan fingerprint density at radius 2 is 1.38 bits per heavy atom. The molecule has 0 atom stereocenters. The van der Waals surface area contributed by atoms with E-state index in [2.05, 4.69) is 20.1 Å². The monoisotopic (exact) mass is 366 g/mol. The van der Waals surface area contributed by atoms with Crippen molar-refractivity contribution in [3.63, 3.8) is 0 Å². The minimum atomic E-state index is -4.43. The van der Waals surface area contributed by atoms with Gasteiger partial charge in [0.2, 0.25) is 0 Å². The molecular weight excluding hydrogens is 333 g/mol. The average Bonchev–Trinajstić information content (AvgIpc) is 2.50. The molecule has 0 nitrogen and oxygen atoms in total. The third-order valence-corrected chi connectivity index (χ3v) is 4.13. The molecule has 0 aromatic carbocycles. The fourth-order valence-corrected chi connectivity index (χ4v) is 2.55. The molecule has 0 saturated heterocycles. The maximum Gasteiger partial charge on any atom is 0.416 e. The highest BCUT2D eigenvalue weighted by Crippen LogP contribution is 2.37. The maximum atomic E-state index is 13.9. The molecule has 0 aliphatic heterocycles. The third-order valence-electron chi connectivity index (χ3n) is 4.13. The molecular formula is C23H33F3. The molecule has 0 heterocycles. The summed E-state index contributed by atoms with van der Waals surface area (Å²) in [5, 5.41) is 0. The summed E-state index contributed by atoms with van der Waals surface area (Å²) in [6.45, 7) is 18.8. The fraction of sp³-hybridized carbons (Fsp3) is 0.478. The lowest BCUT2D eigenvalue weighted by molar-refractivity contribution is -0.0890. The van der Waals surface area contributed by atoms with E-state index in [9.17, 15) is 13.2 Å². The first-order chi connectivity index (χ1) is 11.9. The first-order valence-corrected chi connectivity index (χ1v) is 9.13. The van der Waals surface area contributed by atoms with Gasteiger partial charge in [0.15, 0.2) is 0 Å². The highest BCUT2D eigenvalue weighted by Gasteiger charge is 2.35. The summed E-state index contributed by atoms with van der Waals surface area (Å²) >= 11 is 0. The number of alkyl halides is 3. The fourth-order valence-electron chi connectivity index (χ4n) is 2.55. The van der Waals surface area contributed by atoms with Gasteiger partial charge in [0, 0.05) is 0 Å². The molecule has 0 aromatic rings. The second-order valence-electron chi connectivity index (χ2n) is 6.87. The molecule has 3 heteroatoms. The van der Waals surface area contributed by atoms with Gasteiger partial charge >= 0.3 is 6.18 Å². The summed E-state index contributed by atoms with van der Waals surface area (Å²) in [7, 11) is 0. The van der Waals surface area contributed by atoms with Crippen molar-refractivity contribution in [3.8, 4) is 0 Å². The lowest BCUT2D eigenvalue weighted by Gasteiger charge is -2.19. The lowest BCUT2D eigenvalue weighted by atomic mass is 9.89. The van der Waals surface area contributed by atoms with Crippen molar-refractivity contribution < 1.29 is 13.2 Å². The van der Waals surface area contributed by atoms with E-state index < -0.39 is 11.7 Å². The number of halogens is 3. The minimum absolute atomic E-state index is 0.300. The standard InChI is InChI=1S/C23H33F3/c1-9-11-18(7)13-14-20(17(5)6)21(12-10-2)22(23(24,25)26)15-19(8)16(3)4/h13-15H,3,5,9-12H2,1-2,4,6-8H3/b18-13-,19-15-,20-14+,22-21-. The molecule has 0 aromatic heterocycles. The van der Waals surface area contributed by atoms with Crippen LogP contribution in [0.25, 0.3) is 0 Å². The van der Waals surface area contributed by atoms with Gasteiger partial charge < -0.3 is 0 Å². The summed E-state index contributed by atoms with van der Waals surface area (Å²) in [5.41, 5.74) is 3.21. The molecule has 0 unspecified atom stereocenters. The number of hydrogen-bond acceptors (Lipinski definition) is 0. The van der Waals surface area contributed by atoms with Crippen LogP contribution in [0.15, 0.2) is 70.4 Å². The Balaban J connectivity index is 6.66. The maximum absolute atomic E-state index is 13.9. The Labute approximate surface area is 157 Å². The van der Waals surface area contributed by atoms with Crippen LogP contribution in [-0.4, -0.2) is 6.18 Å². The highest BCUT2D eigenvalue weighted by atomic mass is 19.4. The van der Waals surface area contributed by atoms with E-state index in [0.717, 1.165) is 18.4 Å². The zero-order valence-corrected chi connectivity index (χ0v) is 17.1. The van der Waals surface area contributed by atoms with Crippen molar-refractivity contribution in [1.82, 2.24) is 0 Å². The summed E-state index contributed by atoms with van der Waals surface area (Å²) in [5.74, 6) is 0. The predicted octanol–water partition coefficient (Wildman–Crippen LogP) is 8.42. The number of hydrogen-bond donors (Lipinski definition) is 0. The molecule has 0 bridgehead atoms. The van der Waals surface area contributed by atoms with Crippen molar-refractivity contribution in [2.45, 2.75) is 73.4 Å². The Kier molecular flexibility index (Phi) is 10.3. The van der Waals surface area contributed by atoms with E-state index in [1.54, 1.807) is 26.8 Å². The van der Waals surface area contributed by atoms with E-state index in [1.807, 2.05) is 19.9 Å². The van der Waals surface area contributed by atoms with Gasteiger partial charge in [-0.2, -0.15) is 13.2 Å². The quantitative estimate of drug-likeness (QED) is 0.359. The van der Waals surface area contributed by atoms with Crippen molar-refractivity contribution in [2.75, 3.05) is 0 Å². The zero-order chi connectivity index (χ0) is 20.5. The zero-order valence-electron chi connectivity index (χ0n) is 17.1. The van der Waals surface area contributed by atoms with E-state index in [1.165, 1.54) is 6.08 Å². The topological polar surface area (TPSA) is 0 Å². The van der Waals surface area contributed by atoms with Crippen molar-refractivity contribution in [1.29, 1.82) is 0 Å². The van der Waals surface area contributed by atoms with Crippen LogP contribution in [-0.2, 0) is 0 Å². The molecule has 0 amide bonds. The first kappa shape index (κ1) is 24.2. The Morgan fingerprint density at radius 3 is 1.77 bits per heavy atom. The van der Waals surface area contributed by atoms with Crippen molar-refractivity contribution >= 4 is 0 Å². The molecule has 0 radical (unpaired) electrons. The molecule has 26 heavy (non-hydrogen) atoms. The van der Waals surface area contributed by atoms with Gasteiger partial charge in [-0.1, -0.05) is 68.7 Å². The highest BCUT2D eigenvalue weighted by molar-refractivity contribution is 5.53. The Hall–Kier alpha value is -1.77. The summed E-state index contributed by atoms with van der Waals surface area (Å²) in [6, 6.07) is 0. The van der Waals surface area contributed by atoms with Crippen LogP contribution in [0, 0.1) is 0 Å². The van der Waals surface area contributed by atoms with Crippen molar-refractivity contribution in [3.05, 3.63) is 70.4 Å². The summed E-state index contributed by atoms with van der Waals surface area (Å²) in [6.07, 6.45) is 3.37. The van der Waals surface area contributed by atoms with Crippen LogP contribution in [0.1, 0.15) is 67.2 Å². The Bertz CT molecular complexity index is 635. The SMILES string of the molecule is C=C(C)\C(C)=C/C(=C(CCC)/C(=C/C=C(/C)CCC)C(=C)C)C(F)(F)F. The first-order valence-electron chi connectivity index (χ1n) is 9.13. The van der Waals surface area contributed by atoms with E-state index >= 15 is 0 Å². The van der Waals surface area contributed by atoms with Gasteiger partial charge in [-0.05, 0) is 63.3 Å². The van der Waals surface area contributed by atoms with Crippen LogP contribution < -0.4 is 0 Å². The molecule has 0 spiro atoms.